The number of piperidine rings is 3. The van der Waals surface area contributed by atoms with Gasteiger partial charge in [0, 0.05) is 6.54 Å². The fourth-order valence-corrected chi connectivity index (χ4v) is 4.26. The second-order valence-corrected chi connectivity index (χ2v) is 7.16. The predicted octanol–water partition coefficient (Wildman–Crippen LogP) is 3.39. The molecular formula is C21H25NO. The van der Waals surface area contributed by atoms with Crippen LogP contribution in [0.25, 0.3) is 0 Å². The lowest BCUT2D eigenvalue weighted by Crippen LogP contribution is -2.57. The Morgan fingerprint density at radius 1 is 0.870 bits per heavy atom. The van der Waals surface area contributed by atoms with Gasteiger partial charge >= 0.3 is 0 Å². The molecule has 3 fully saturated rings. The molecular weight excluding hydrogens is 282 g/mol. The van der Waals surface area contributed by atoms with Gasteiger partial charge in [0.1, 0.15) is 5.60 Å². The highest BCUT2D eigenvalue weighted by Crippen LogP contribution is 2.42. The van der Waals surface area contributed by atoms with Crippen molar-refractivity contribution in [2.45, 2.75) is 31.3 Å². The number of hydrogen-bond donors (Lipinski definition) is 1. The normalized spacial score (nSPS) is 29.6. The first-order chi connectivity index (χ1) is 11.2. The van der Waals surface area contributed by atoms with Gasteiger partial charge < -0.3 is 10.0 Å². The van der Waals surface area contributed by atoms with E-state index in [1.807, 2.05) is 0 Å². The maximum atomic E-state index is 11.2. The Morgan fingerprint density at radius 3 is 2.04 bits per heavy atom. The van der Waals surface area contributed by atoms with E-state index in [4.69, 9.17) is 0 Å². The fourth-order valence-electron chi connectivity index (χ4n) is 4.26. The van der Waals surface area contributed by atoms with Crippen molar-refractivity contribution in [3.63, 3.8) is 0 Å². The first-order valence-corrected chi connectivity index (χ1v) is 8.82. The molecule has 3 aliphatic rings. The minimum atomic E-state index is -0.630. The molecule has 3 heterocycles. The summed E-state index contributed by atoms with van der Waals surface area (Å²) in [4.78, 5) is 2.41. The molecule has 2 bridgehead atoms. The summed E-state index contributed by atoms with van der Waals surface area (Å²) in [5, 5.41) is 11.2. The Labute approximate surface area is 138 Å². The fraction of sp³-hybridized carbons (Fsp3) is 0.429. The van der Waals surface area contributed by atoms with Gasteiger partial charge in [-0.15, -0.1) is 0 Å². The second-order valence-electron chi connectivity index (χ2n) is 7.16. The molecule has 1 unspecified atom stereocenters. The van der Waals surface area contributed by atoms with Crippen LogP contribution in [0.15, 0.2) is 54.6 Å². The maximum absolute atomic E-state index is 11.2. The van der Waals surface area contributed by atoms with Crippen LogP contribution in [0.4, 0.5) is 0 Å². The molecule has 2 aromatic rings. The van der Waals surface area contributed by atoms with Crippen molar-refractivity contribution in [3.05, 3.63) is 71.3 Å². The van der Waals surface area contributed by atoms with Gasteiger partial charge in [-0.05, 0) is 61.4 Å². The maximum Gasteiger partial charge on any atom is 0.105 e. The summed E-state index contributed by atoms with van der Waals surface area (Å²) in [5.74, 6) is 0.433. The van der Waals surface area contributed by atoms with Crippen LogP contribution in [0.5, 0.6) is 0 Å². The number of fused-ring (bicyclic) bond motifs is 3. The van der Waals surface area contributed by atoms with E-state index < -0.39 is 5.60 Å². The van der Waals surface area contributed by atoms with Gasteiger partial charge in [-0.1, -0.05) is 54.6 Å². The first kappa shape index (κ1) is 14.9. The lowest BCUT2D eigenvalue weighted by atomic mass is 9.71. The van der Waals surface area contributed by atoms with E-state index in [-0.39, 0.29) is 0 Å². The van der Waals surface area contributed by atoms with E-state index in [0.717, 1.165) is 50.9 Å². The van der Waals surface area contributed by atoms with Crippen LogP contribution in [0.2, 0.25) is 0 Å². The van der Waals surface area contributed by atoms with Crippen LogP contribution in [0.3, 0.4) is 0 Å². The summed E-state index contributed by atoms with van der Waals surface area (Å²) in [5.41, 5.74) is 3.21. The molecule has 0 aliphatic carbocycles. The van der Waals surface area contributed by atoms with Crippen molar-refractivity contribution in [3.8, 4) is 0 Å². The summed E-state index contributed by atoms with van der Waals surface area (Å²) in [6.45, 7) is 3.12. The summed E-state index contributed by atoms with van der Waals surface area (Å²) in [6.07, 6.45) is 4.39. The molecule has 23 heavy (non-hydrogen) atoms. The lowest BCUT2D eigenvalue weighted by Gasteiger charge is -2.50. The van der Waals surface area contributed by atoms with E-state index in [0.29, 0.717) is 5.92 Å². The second kappa shape index (κ2) is 6.10. The van der Waals surface area contributed by atoms with Crippen LogP contribution in [-0.2, 0) is 18.4 Å². The monoisotopic (exact) mass is 307 g/mol. The summed E-state index contributed by atoms with van der Waals surface area (Å²) in [6, 6.07) is 19.3. The van der Waals surface area contributed by atoms with Gasteiger partial charge in [0.25, 0.3) is 0 Å². The summed E-state index contributed by atoms with van der Waals surface area (Å²) < 4.78 is 0. The average Bonchev–Trinajstić information content (AvgIpc) is 2.62. The summed E-state index contributed by atoms with van der Waals surface area (Å²) >= 11 is 0. The van der Waals surface area contributed by atoms with Crippen molar-refractivity contribution in [2.24, 2.45) is 5.92 Å². The van der Waals surface area contributed by atoms with E-state index in [9.17, 15) is 5.11 Å². The van der Waals surface area contributed by atoms with E-state index >= 15 is 0 Å². The molecule has 0 saturated carbocycles. The van der Waals surface area contributed by atoms with Crippen LogP contribution in [0.1, 0.15) is 29.5 Å². The molecule has 0 spiro atoms. The topological polar surface area (TPSA) is 23.5 Å². The molecule has 0 radical (unpaired) electrons. The SMILES string of the molecule is OC1(c2ccc(CCc3ccccc3)cc2)CN2CCC1CC2. The Kier molecular flexibility index (Phi) is 3.96. The highest BCUT2D eigenvalue weighted by Gasteiger charge is 2.46. The van der Waals surface area contributed by atoms with Crippen molar-refractivity contribution in [2.75, 3.05) is 19.6 Å². The summed E-state index contributed by atoms with van der Waals surface area (Å²) in [7, 11) is 0. The highest BCUT2D eigenvalue weighted by atomic mass is 16.3. The van der Waals surface area contributed by atoms with Crippen molar-refractivity contribution >= 4 is 0 Å². The molecule has 3 saturated heterocycles. The third-order valence-corrected chi connectivity index (χ3v) is 5.73. The van der Waals surface area contributed by atoms with Gasteiger partial charge in [0.2, 0.25) is 0 Å². The quantitative estimate of drug-likeness (QED) is 0.936. The molecule has 2 aromatic carbocycles. The number of hydrogen-bond acceptors (Lipinski definition) is 2. The van der Waals surface area contributed by atoms with Gasteiger partial charge in [-0.25, -0.2) is 0 Å². The molecule has 2 heteroatoms. The Balaban J connectivity index is 1.46. The molecule has 5 rings (SSSR count). The molecule has 3 aliphatic heterocycles. The van der Waals surface area contributed by atoms with Crippen molar-refractivity contribution in [1.29, 1.82) is 0 Å². The highest BCUT2D eigenvalue weighted by molar-refractivity contribution is 5.30. The first-order valence-electron chi connectivity index (χ1n) is 8.82. The van der Waals surface area contributed by atoms with Crippen LogP contribution in [0, 0.1) is 5.92 Å². The molecule has 0 aromatic heterocycles. The van der Waals surface area contributed by atoms with E-state index in [2.05, 4.69) is 59.5 Å². The van der Waals surface area contributed by atoms with Gasteiger partial charge in [-0.2, -0.15) is 0 Å². The van der Waals surface area contributed by atoms with Crippen LogP contribution in [-0.4, -0.2) is 29.6 Å². The Hall–Kier alpha value is -1.64. The number of aliphatic hydroxyl groups is 1. The van der Waals surface area contributed by atoms with Crippen LogP contribution >= 0.6 is 0 Å². The number of aryl methyl sites for hydroxylation is 2. The zero-order chi connectivity index (χ0) is 15.7. The number of nitrogens with zero attached hydrogens (tertiary/aromatic N) is 1. The zero-order valence-electron chi connectivity index (χ0n) is 13.6. The minimum Gasteiger partial charge on any atom is -0.384 e. The van der Waals surface area contributed by atoms with Gasteiger partial charge in [0.15, 0.2) is 0 Å². The number of benzene rings is 2. The van der Waals surface area contributed by atoms with Gasteiger partial charge in [0.05, 0.1) is 0 Å². The van der Waals surface area contributed by atoms with E-state index in [1.165, 1.54) is 11.1 Å². The third kappa shape index (κ3) is 2.93. The average molecular weight is 307 g/mol. The largest absolute Gasteiger partial charge is 0.384 e. The number of rotatable bonds is 4. The Morgan fingerprint density at radius 2 is 1.48 bits per heavy atom. The molecule has 1 atom stereocenters. The van der Waals surface area contributed by atoms with Crippen molar-refractivity contribution in [1.82, 2.24) is 4.90 Å². The lowest BCUT2D eigenvalue weighted by molar-refractivity contribution is -0.117. The molecule has 2 nitrogen and oxygen atoms in total. The predicted molar refractivity (Wildman–Crippen MR) is 93.4 cm³/mol. The van der Waals surface area contributed by atoms with Crippen LogP contribution < -0.4 is 0 Å². The van der Waals surface area contributed by atoms with Crippen molar-refractivity contribution < 1.29 is 5.11 Å². The van der Waals surface area contributed by atoms with E-state index in [1.54, 1.807) is 0 Å². The molecule has 0 amide bonds. The molecule has 120 valence electrons. The van der Waals surface area contributed by atoms with Gasteiger partial charge in [-0.3, -0.25) is 0 Å². The minimum absolute atomic E-state index is 0.433. The standard InChI is InChI=1S/C21H25NO/c23-21(16-22-14-12-20(21)13-15-22)19-10-8-18(9-11-19)7-6-17-4-2-1-3-5-17/h1-5,8-11,20,23H,6-7,12-16H2. The zero-order valence-corrected chi connectivity index (χ0v) is 13.6. The Bertz CT molecular complexity index is 643. The molecule has 1 N–H and O–H groups in total. The smallest absolute Gasteiger partial charge is 0.105 e. The third-order valence-electron chi connectivity index (χ3n) is 5.73.